The lowest BCUT2D eigenvalue weighted by Gasteiger charge is -2.10. The van der Waals surface area contributed by atoms with E-state index in [1.807, 2.05) is 0 Å². The Labute approximate surface area is 107 Å². The topological polar surface area (TPSA) is 71.1 Å². The van der Waals surface area contributed by atoms with E-state index in [2.05, 4.69) is 31.5 Å². The molecule has 2 N–H and O–H groups in total. The number of aromatic nitrogens is 1. The van der Waals surface area contributed by atoms with E-state index in [-0.39, 0.29) is 17.9 Å². The first-order chi connectivity index (χ1) is 8.15. The standard InChI is InChI=1S/C11H12BrN3O2/c12-9-3-1-2-8(15-9)11(17)13-6-7-4-5-10(16)14-7/h1-3,7H,4-6H2,(H,13,17)(H,14,16). The minimum absolute atomic E-state index is 0.0404. The molecule has 2 heterocycles. The molecule has 90 valence electrons. The van der Waals surface area contributed by atoms with Crippen molar-refractivity contribution in [2.24, 2.45) is 0 Å². The molecule has 1 saturated heterocycles. The van der Waals surface area contributed by atoms with Gasteiger partial charge in [-0.2, -0.15) is 0 Å². The van der Waals surface area contributed by atoms with Crippen LogP contribution in [0, 0.1) is 0 Å². The minimum Gasteiger partial charge on any atom is -0.352 e. The van der Waals surface area contributed by atoms with Crippen molar-refractivity contribution in [2.75, 3.05) is 6.54 Å². The Hall–Kier alpha value is -1.43. The van der Waals surface area contributed by atoms with E-state index in [0.717, 1.165) is 6.42 Å². The fourth-order valence-electron chi connectivity index (χ4n) is 1.67. The Morgan fingerprint density at radius 3 is 3.06 bits per heavy atom. The molecule has 0 spiro atoms. The Morgan fingerprint density at radius 2 is 2.41 bits per heavy atom. The van der Waals surface area contributed by atoms with Crippen LogP contribution in [0.15, 0.2) is 22.8 Å². The van der Waals surface area contributed by atoms with Gasteiger partial charge in [0.15, 0.2) is 0 Å². The average Bonchev–Trinajstić information content (AvgIpc) is 2.72. The molecular formula is C11H12BrN3O2. The normalized spacial score (nSPS) is 18.9. The van der Waals surface area contributed by atoms with Crippen molar-refractivity contribution >= 4 is 27.7 Å². The van der Waals surface area contributed by atoms with Crippen molar-refractivity contribution in [2.45, 2.75) is 18.9 Å². The van der Waals surface area contributed by atoms with Crippen molar-refractivity contribution in [3.63, 3.8) is 0 Å². The van der Waals surface area contributed by atoms with Crippen LogP contribution in [0.1, 0.15) is 23.3 Å². The molecule has 1 aromatic heterocycles. The number of amides is 2. The van der Waals surface area contributed by atoms with Crippen LogP contribution in [-0.4, -0.2) is 29.4 Å². The van der Waals surface area contributed by atoms with Crippen LogP contribution in [0.2, 0.25) is 0 Å². The largest absolute Gasteiger partial charge is 0.352 e. The second-order valence-corrected chi connectivity index (χ2v) is 4.67. The van der Waals surface area contributed by atoms with E-state index in [1.165, 1.54) is 0 Å². The molecular weight excluding hydrogens is 286 g/mol. The third-order valence-electron chi connectivity index (χ3n) is 2.54. The van der Waals surface area contributed by atoms with Crippen molar-refractivity contribution < 1.29 is 9.59 Å². The van der Waals surface area contributed by atoms with E-state index in [0.29, 0.717) is 23.3 Å². The fraction of sp³-hybridized carbons (Fsp3) is 0.364. The van der Waals surface area contributed by atoms with Crippen LogP contribution >= 0.6 is 15.9 Å². The molecule has 0 radical (unpaired) electrons. The molecule has 1 aliphatic heterocycles. The number of rotatable bonds is 3. The smallest absolute Gasteiger partial charge is 0.269 e. The van der Waals surface area contributed by atoms with E-state index >= 15 is 0 Å². The van der Waals surface area contributed by atoms with Gasteiger partial charge in [0, 0.05) is 19.0 Å². The molecule has 6 heteroatoms. The highest BCUT2D eigenvalue weighted by atomic mass is 79.9. The molecule has 2 amide bonds. The number of hydrogen-bond acceptors (Lipinski definition) is 3. The van der Waals surface area contributed by atoms with Gasteiger partial charge in [-0.3, -0.25) is 9.59 Å². The first-order valence-electron chi connectivity index (χ1n) is 5.35. The third-order valence-corrected chi connectivity index (χ3v) is 2.98. The number of carbonyl (C=O) groups is 2. The van der Waals surface area contributed by atoms with Gasteiger partial charge in [0.05, 0.1) is 0 Å². The monoisotopic (exact) mass is 297 g/mol. The number of pyridine rings is 1. The van der Waals surface area contributed by atoms with Crippen LogP contribution < -0.4 is 10.6 Å². The molecule has 5 nitrogen and oxygen atoms in total. The first-order valence-corrected chi connectivity index (χ1v) is 6.14. The predicted octanol–water partition coefficient (Wildman–Crippen LogP) is 0.853. The van der Waals surface area contributed by atoms with Crippen molar-refractivity contribution in [3.05, 3.63) is 28.5 Å². The molecule has 1 aromatic rings. The molecule has 1 aliphatic rings. The Balaban J connectivity index is 1.87. The Kier molecular flexibility index (Phi) is 3.73. The summed E-state index contributed by atoms with van der Waals surface area (Å²) in [6.45, 7) is 0.443. The highest BCUT2D eigenvalue weighted by Crippen LogP contribution is 2.07. The maximum Gasteiger partial charge on any atom is 0.269 e. The Bertz CT molecular complexity index is 450. The summed E-state index contributed by atoms with van der Waals surface area (Å²) in [4.78, 5) is 26.7. The van der Waals surface area contributed by atoms with Gasteiger partial charge in [0.2, 0.25) is 5.91 Å². The number of halogens is 1. The van der Waals surface area contributed by atoms with E-state index < -0.39 is 0 Å². The molecule has 0 bridgehead atoms. The maximum atomic E-state index is 11.7. The predicted molar refractivity (Wildman–Crippen MR) is 65.4 cm³/mol. The second-order valence-electron chi connectivity index (χ2n) is 3.86. The van der Waals surface area contributed by atoms with E-state index in [1.54, 1.807) is 18.2 Å². The summed E-state index contributed by atoms with van der Waals surface area (Å²) in [6.07, 6.45) is 1.31. The van der Waals surface area contributed by atoms with Crippen LogP contribution in [-0.2, 0) is 4.79 Å². The highest BCUT2D eigenvalue weighted by molar-refractivity contribution is 9.10. The highest BCUT2D eigenvalue weighted by Gasteiger charge is 2.21. The lowest BCUT2D eigenvalue weighted by Crippen LogP contribution is -2.38. The van der Waals surface area contributed by atoms with Crippen LogP contribution in [0.25, 0.3) is 0 Å². The second kappa shape index (κ2) is 5.27. The molecule has 0 aromatic carbocycles. The van der Waals surface area contributed by atoms with Gasteiger partial charge in [-0.1, -0.05) is 6.07 Å². The quantitative estimate of drug-likeness (QED) is 0.813. The summed E-state index contributed by atoms with van der Waals surface area (Å²) in [5.41, 5.74) is 0.365. The fourth-order valence-corrected chi connectivity index (χ4v) is 2.02. The van der Waals surface area contributed by atoms with Gasteiger partial charge in [0.25, 0.3) is 5.91 Å². The van der Waals surface area contributed by atoms with Gasteiger partial charge in [-0.25, -0.2) is 4.98 Å². The number of nitrogens with one attached hydrogen (secondary N) is 2. The van der Waals surface area contributed by atoms with Gasteiger partial charge in [0.1, 0.15) is 10.3 Å². The zero-order valence-electron chi connectivity index (χ0n) is 9.07. The summed E-state index contributed by atoms with van der Waals surface area (Å²) in [5, 5.41) is 5.54. The Morgan fingerprint density at radius 1 is 1.59 bits per heavy atom. The van der Waals surface area contributed by atoms with Crippen molar-refractivity contribution in [1.82, 2.24) is 15.6 Å². The third kappa shape index (κ3) is 3.26. The summed E-state index contributed by atoms with van der Waals surface area (Å²) in [6, 6.07) is 5.20. The van der Waals surface area contributed by atoms with Gasteiger partial charge in [-0.15, -0.1) is 0 Å². The number of nitrogens with zero attached hydrogens (tertiary/aromatic N) is 1. The number of carbonyl (C=O) groups excluding carboxylic acids is 2. The maximum absolute atomic E-state index is 11.7. The summed E-state index contributed by atoms with van der Waals surface area (Å²) in [5.74, 6) is -0.183. The van der Waals surface area contributed by atoms with E-state index in [4.69, 9.17) is 0 Å². The molecule has 17 heavy (non-hydrogen) atoms. The molecule has 1 unspecified atom stereocenters. The molecule has 0 aliphatic carbocycles. The lowest BCUT2D eigenvalue weighted by molar-refractivity contribution is -0.119. The SMILES string of the molecule is O=C1CCC(CNC(=O)c2cccc(Br)n2)N1. The van der Waals surface area contributed by atoms with Crippen LogP contribution in [0.5, 0.6) is 0 Å². The first kappa shape index (κ1) is 12.0. The zero-order valence-corrected chi connectivity index (χ0v) is 10.7. The molecule has 2 rings (SSSR count). The lowest BCUT2D eigenvalue weighted by atomic mass is 10.2. The molecule has 1 atom stereocenters. The van der Waals surface area contributed by atoms with Gasteiger partial charge >= 0.3 is 0 Å². The van der Waals surface area contributed by atoms with E-state index in [9.17, 15) is 9.59 Å². The summed E-state index contributed by atoms with van der Waals surface area (Å²) in [7, 11) is 0. The van der Waals surface area contributed by atoms with Gasteiger partial charge in [-0.05, 0) is 34.5 Å². The zero-order chi connectivity index (χ0) is 12.3. The molecule has 0 saturated carbocycles. The molecule has 1 fully saturated rings. The summed E-state index contributed by atoms with van der Waals surface area (Å²) < 4.78 is 0.624. The van der Waals surface area contributed by atoms with Crippen LogP contribution in [0.4, 0.5) is 0 Å². The number of hydrogen-bond donors (Lipinski definition) is 2. The van der Waals surface area contributed by atoms with Crippen LogP contribution in [0.3, 0.4) is 0 Å². The minimum atomic E-state index is -0.229. The van der Waals surface area contributed by atoms with Crippen molar-refractivity contribution in [1.29, 1.82) is 0 Å². The average molecular weight is 298 g/mol. The van der Waals surface area contributed by atoms with Gasteiger partial charge < -0.3 is 10.6 Å². The summed E-state index contributed by atoms with van der Waals surface area (Å²) >= 11 is 3.21. The van der Waals surface area contributed by atoms with Crippen molar-refractivity contribution in [3.8, 4) is 0 Å².